The van der Waals surface area contributed by atoms with Crippen molar-refractivity contribution in [1.82, 2.24) is 0 Å². The number of benzene rings is 2. The summed E-state index contributed by atoms with van der Waals surface area (Å²) in [5, 5.41) is 9.90. The third kappa shape index (κ3) is 3.79. The second-order valence-corrected chi connectivity index (χ2v) is 7.86. The SMILES string of the molecule is O=C1/C(=C\c2cc(Br)ccc2O)SC(=S)N1c1cccc(C(F)(F)F)c1. The molecule has 1 amide bonds. The molecule has 0 atom stereocenters. The number of thioether (sulfide) groups is 1. The van der Waals surface area contributed by atoms with Gasteiger partial charge in [-0.25, -0.2) is 0 Å². The molecule has 1 fully saturated rings. The average molecular weight is 460 g/mol. The highest BCUT2D eigenvalue weighted by atomic mass is 79.9. The summed E-state index contributed by atoms with van der Waals surface area (Å²) in [4.78, 5) is 13.9. The van der Waals surface area contributed by atoms with E-state index in [2.05, 4.69) is 15.9 Å². The molecule has 0 unspecified atom stereocenters. The van der Waals surface area contributed by atoms with E-state index < -0.39 is 17.6 Å². The number of hydrogen-bond donors (Lipinski definition) is 1. The maximum Gasteiger partial charge on any atom is 0.416 e. The zero-order valence-corrected chi connectivity index (χ0v) is 16.0. The third-order valence-electron chi connectivity index (χ3n) is 3.50. The molecule has 2 aromatic carbocycles. The Morgan fingerprint density at radius 2 is 1.92 bits per heavy atom. The minimum absolute atomic E-state index is 0.0301. The molecule has 0 aromatic heterocycles. The number of phenols is 1. The monoisotopic (exact) mass is 459 g/mol. The third-order valence-corrected chi connectivity index (χ3v) is 5.30. The molecule has 0 saturated carbocycles. The largest absolute Gasteiger partial charge is 0.507 e. The average Bonchev–Trinajstić information content (AvgIpc) is 2.84. The molecule has 0 bridgehead atoms. The molecule has 3 nitrogen and oxygen atoms in total. The minimum Gasteiger partial charge on any atom is -0.507 e. The maximum absolute atomic E-state index is 12.9. The number of aromatic hydroxyl groups is 1. The Morgan fingerprint density at radius 3 is 2.62 bits per heavy atom. The van der Waals surface area contributed by atoms with Crippen LogP contribution in [0.1, 0.15) is 11.1 Å². The number of alkyl halides is 3. The summed E-state index contributed by atoms with van der Waals surface area (Å²) in [6, 6.07) is 9.14. The summed E-state index contributed by atoms with van der Waals surface area (Å²) in [6.07, 6.45) is -3.07. The van der Waals surface area contributed by atoms with E-state index in [0.717, 1.165) is 28.8 Å². The predicted octanol–water partition coefficient (Wildman–Crippen LogP) is 5.58. The van der Waals surface area contributed by atoms with E-state index >= 15 is 0 Å². The normalized spacial score (nSPS) is 16.6. The van der Waals surface area contributed by atoms with Crippen LogP contribution in [0.25, 0.3) is 6.08 Å². The topological polar surface area (TPSA) is 40.5 Å². The van der Waals surface area contributed by atoms with Gasteiger partial charge in [-0.2, -0.15) is 13.2 Å². The Morgan fingerprint density at radius 1 is 1.19 bits per heavy atom. The molecule has 2 aromatic rings. The van der Waals surface area contributed by atoms with E-state index in [1.807, 2.05) is 0 Å². The van der Waals surface area contributed by atoms with E-state index in [9.17, 15) is 23.1 Å². The summed E-state index contributed by atoms with van der Waals surface area (Å²) >= 11 is 9.40. The van der Waals surface area contributed by atoms with Crippen LogP contribution >= 0.6 is 39.9 Å². The Bertz CT molecular complexity index is 944. The van der Waals surface area contributed by atoms with Crippen molar-refractivity contribution in [3.8, 4) is 5.75 Å². The van der Waals surface area contributed by atoms with Gasteiger partial charge in [0.15, 0.2) is 4.32 Å². The summed E-state index contributed by atoms with van der Waals surface area (Å²) in [5.41, 5.74) is -0.425. The zero-order valence-electron chi connectivity index (χ0n) is 12.7. The first-order valence-electron chi connectivity index (χ1n) is 7.10. The lowest BCUT2D eigenvalue weighted by Gasteiger charge is -2.16. The lowest BCUT2D eigenvalue weighted by Crippen LogP contribution is -2.27. The Kier molecular flexibility index (Phi) is 5.14. The Labute approximate surface area is 164 Å². The van der Waals surface area contributed by atoms with Gasteiger partial charge in [-0.3, -0.25) is 9.69 Å². The molecular formula is C17H9BrF3NO2S2. The standard InChI is InChI=1S/C17H9BrF3NO2S2/c18-11-4-5-13(23)9(6-11)7-14-15(24)22(16(25)26-14)12-3-1-2-10(8-12)17(19,20)21/h1-8,23H/b14-7+. The van der Waals surface area contributed by atoms with Gasteiger partial charge in [0.05, 0.1) is 16.2 Å². The van der Waals surface area contributed by atoms with Crippen LogP contribution in [0.15, 0.2) is 51.8 Å². The van der Waals surface area contributed by atoms with Gasteiger partial charge in [0.2, 0.25) is 0 Å². The first-order valence-corrected chi connectivity index (χ1v) is 9.12. The molecule has 0 aliphatic carbocycles. The van der Waals surface area contributed by atoms with Crippen molar-refractivity contribution in [3.05, 3.63) is 63.0 Å². The molecule has 1 aliphatic rings. The quantitative estimate of drug-likeness (QED) is 0.470. The molecule has 1 aliphatic heterocycles. The number of anilines is 1. The number of nitrogens with zero attached hydrogens (tertiary/aromatic N) is 1. The van der Waals surface area contributed by atoms with Crippen LogP contribution in [0.5, 0.6) is 5.75 Å². The lowest BCUT2D eigenvalue weighted by molar-refractivity contribution is -0.137. The smallest absolute Gasteiger partial charge is 0.416 e. The van der Waals surface area contributed by atoms with Crippen LogP contribution in [0.4, 0.5) is 18.9 Å². The molecule has 1 N–H and O–H groups in total. The molecule has 1 heterocycles. The fourth-order valence-electron chi connectivity index (χ4n) is 2.29. The minimum atomic E-state index is -4.52. The number of hydrogen-bond acceptors (Lipinski definition) is 4. The van der Waals surface area contributed by atoms with Crippen molar-refractivity contribution in [2.45, 2.75) is 6.18 Å². The molecule has 3 rings (SSSR count). The number of carbonyl (C=O) groups is 1. The van der Waals surface area contributed by atoms with Gasteiger partial charge in [-0.15, -0.1) is 0 Å². The zero-order chi connectivity index (χ0) is 19.1. The summed E-state index contributed by atoms with van der Waals surface area (Å²) < 4.78 is 39.6. The maximum atomic E-state index is 12.9. The van der Waals surface area contributed by atoms with Crippen molar-refractivity contribution >= 4 is 61.9 Å². The van der Waals surface area contributed by atoms with Crippen molar-refractivity contribution in [3.63, 3.8) is 0 Å². The molecule has 1 saturated heterocycles. The second kappa shape index (κ2) is 7.05. The highest BCUT2D eigenvalue weighted by Crippen LogP contribution is 2.39. The number of phenolic OH excluding ortho intramolecular Hbond substituents is 1. The number of halogens is 4. The number of amides is 1. The molecule has 26 heavy (non-hydrogen) atoms. The molecule has 0 radical (unpaired) electrons. The first kappa shape index (κ1) is 18.9. The molecule has 0 spiro atoms. The van der Waals surface area contributed by atoms with E-state index in [-0.39, 0.29) is 20.7 Å². The summed E-state index contributed by atoms with van der Waals surface area (Å²) in [5.74, 6) is -0.573. The van der Waals surface area contributed by atoms with Gasteiger partial charge < -0.3 is 5.11 Å². The lowest BCUT2D eigenvalue weighted by atomic mass is 10.1. The van der Waals surface area contributed by atoms with Gasteiger partial charge in [0.1, 0.15) is 5.75 Å². The molecular weight excluding hydrogens is 451 g/mol. The highest BCUT2D eigenvalue weighted by molar-refractivity contribution is 9.10. The Hall–Kier alpha value is -1.84. The van der Waals surface area contributed by atoms with Crippen LogP contribution in [0.3, 0.4) is 0 Å². The van der Waals surface area contributed by atoms with E-state index in [0.29, 0.717) is 10.0 Å². The van der Waals surface area contributed by atoms with Crippen LogP contribution in [0.2, 0.25) is 0 Å². The van der Waals surface area contributed by atoms with Crippen LogP contribution < -0.4 is 4.90 Å². The molecule has 134 valence electrons. The van der Waals surface area contributed by atoms with Gasteiger partial charge in [-0.05, 0) is 42.5 Å². The van der Waals surface area contributed by atoms with Gasteiger partial charge in [0.25, 0.3) is 5.91 Å². The fraction of sp³-hybridized carbons (Fsp3) is 0.0588. The van der Waals surface area contributed by atoms with Crippen molar-refractivity contribution in [2.75, 3.05) is 4.90 Å². The number of thiocarbonyl (C=S) groups is 1. The highest BCUT2D eigenvalue weighted by Gasteiger charge is 2.36. The van der Waals surface area contributed by atoms with Gasteiger partial charge >= 0.3 is 6.18 Å². The van der Waals surface area contributed by atoms with Crippen molar-refractivity contribution < 1.29 is 23.1 Å². The van der Waals surface area contributed by atoms with Crippen LogP contribution in [0, 0.1) is 0 Å². The van der Waals surface area contributed by atoms with E-state index in [1.165, 1.54) is 24.3 Å². The summed E-state index contributed by atoms with van der Waals surface area (Å²) in [7, 11) is 0. The van der Waals surface area contributed by atoms with Gasteiger partial charge in [-0.1, -0.05) is 46.0 Å². The first-order chi connectivity index (χ1) is 12.2. The van der Waals surface area contributed by atoms with Crippen LogP contribution in [-0.2, 0) is 11.0 Å². The fourth-order valence-corrected chi connectivity index (χ4v) is 3.96. The van der Waals surface area contributed by atoms with E-state index in [1.54, 1.807) is 12.1 Å². The Balaban J connectivity index is 1.97. The predicted molar refractivity (Wildman–Crippen MR) is 103 cm³/mol. The second-order valence-electron chi connectivity index (χ2n) is 5.27. The van der Waals surface area contributed by atoms with E-state index in [4.69, 9.17) is 12.2 Å². The molecule has 9 heteroatoms. The number of carbonyl (C=O) groups excluding carboxylic acids is 1. The summed E-state index contributed by atoms with van der Waals surface area (Å²) in [6.45, 7) is 0. The van der Waals surface area contributed by atoms with Crippen molar-refractivity contribution in [1.29, 1.82) is 0 Å². The van der Waals surface area contributed by atoms with Gasteiger partial charge in [0, 0.05) is 10.0 Å². The number of rotatable bonds is 2. The van der Waals surface area contributed by atoms with Crippen molar-refractivity contribution in [2.24, 2.45) is 0 Å². The van der Waals surface area contributed by atoms with Crippen LogP contribution in [-0.4, -0.2) is 15.3 Å².